The molecule has 2 N–H and O–H groups in total. The third-order valence-electron chi connectivity index (χ3n) is 4.11. The summed E-state index contributed by atoms with van der Waals surface area (Å²) in [5.74, 6) is 2.55. The van der Waals surface area contributed by atoms with E-state index in [4.69, 9.17) is 4.99 Å². The molecule has 132 valence electrons. The zero-order chi connectivity index (χ0) is 16.0. The molecule has 0 amide bonds. The van der Waals surface area contributed by atoms with Gasteiger partial charge in [0.25, 0.3) is 0 Å². The van der Waals surface area contributed by atoms with E-state index < -0.39 is 0 Å². The van der Waals surface area contributed by atoms with Gasteiger partial charge in [-0.2, -0.15) is 16.9 Å². The van der Waals surface area contributed by atoms with Gasteiger partial charge in [-0.15, -0.1) is 24.0 Å². The summed E-state index contributed by atoms with van der Waals surface area (Å²) in [6.45, 7) is 10.4. The number of aromatic nitrogens is 3. The fraction of sp³-hybridized carbons (Fsp3) is 0.800. The average molecular weight is 452 g/mol. The summed E-state index contributed by atoms with van der Waals surface area (Å²) in [6.07, 6.45) is 5.92. The predicted molar refractivity (Wildman–Crippen MR) is 109 cm³/mol. The van der Waals surface area contributed by atoms with E-state index in [1.54, 1.807) is 6.33 Å². The highest BCUT2D eigenvalue weighted by atomic mass is 127. The lowest BCUT2D eigenvalue weighted by Crippen LogP contribution is -2.46. The molecule has 1 aliphatic rings. The van der Waals surface area contributed by atoms with Crippen LogP contribution in [0.3, 0.4) is 0 Å². The lowest BCUT2D eigenvalue weighted by molar-refractivity contribution is 0.298. The minimum Gasteiger partial charge on any atom is -0.357 e. The molecule has 0 atom stereocenters. The number of guanidine groups is 1. The number of halogens is 1. The number of likely N-dealkylation sites (tertiary alicyclic amines) is 1. The zero-order valence-corrected chi connectivity index (χ0v) is 17.6. The Morgan fingerprint density at radius 1 is 1.48 bits per heavy atom. The van der Waals surface area contributed by atoms with Crippen LogP contribution in [0, 0.1) is 0 Å². The lowest BCUT2D eigenvalue weighted by Gasteiger charge is -2.34. The van der Waals surface area contributed by atoms with Gasteiger partial charge in [0.05, 0.1) is 6.54 Å². The molecule has 0 radical (unpaired) electrons. The first-order chi connectivity index (χ1) is 10.6. The van der Waals surface area contributed by atoms with Crippen LogP contribution in [0.25, 0.3) is 0 Å². The maximum Gasteiger partial charge on any atom is 0.193 e. The summed E-state index contributed by atoms with van der Waals surface area (Å²) in [5, 5.41) is 10.4. The number of rotatable bonds is 5. The van der Waals surface area contributed by atoms with E-state index in [1.165, 1.54) is 0 Å². The maximum absolute atomic E-state index is 4.84. The Balaban J connectivity index is 0.00000264. The van der Waals surface area contributed by atoms with Crippen molar-refractivity contribution in [2.24, 2.45) is 4.99 Å². The van der Waals surface area contributed by atoms with Gasteiger partial charge in [-0.3, -0.25) is 10.1 Å². The molecule has 1 aromatic heterocycles. The van der Waals surface area contributed by atoms with Crippen molar-refractivity contribution in [3.05, 3.63) is 12.2 Å². The number of nitrogens with one attached hydrogen (secondary N) is 2. The van der Waals surface area contributed by atoms with Crippen molar-refractivity contribution in [3.63, 3.8) is 0 Å². The first kappa shape index (κ1) is 20.5. The highest BCUT2D eigenvalue weighted by Gasteiger charge is 2.25. The van der Waals surface area contributed by atoms with Crippen molar-refractivity contribution < 1.29 is 0 Å². The van der Waals surface area contributed by atoms with Crippen LogP contribution in [-0.4, -0.2) is 63.2 Å². The van der Waals surface area contributed by atoms with Crippen LogP contribution in [0.4, 0.5) is 0 Å². The van der Waals surface area contributed by atoms with Crippen molar-refractivity contribution in [2.45, 2.75) is 44.3 Å². The second-order valence-electron chi connectivity index (χ2n) is 6.27. The molecular formula is C15H29IN6S. The van der Waals surface area contributed by atoms with Gasteiger partial charge in [0.2, 0.25) is 0 Å². The fourth-order valence-corrected chi connectivity index (χ4v) is 2.73. The van der Waals surface area contributed by atoms with E-state index in [-0.39, 0.29) is 28.7 Å². The van der Waals surface area contributed by atoms with Gasteiger partial charge in [0.1, 0.15) is 12.2 Å². The van der Waals surface area contributed by atoms with Gasteiger partial charge in [0, 0.05) is 30.3 Å². The highest BCUT2D eigenvalue weighted by molar-refractivity contribution is 14.0. The molecule has 2 heterocycles. The van der Waals surface area contributed by atoms with Crippen LogP contribution in [0.1, 0.15) is 45.4 Å². The highest BCUT2D eigenvalue weighted by Crippen LogP contribution is 2.25. The normalized spacial score (nSPS) is 17.0. The van der Waals surface area contributed by atoms with Gasteiger partial charge >= 0.3 is 0 Å². The van der Waals surface area contributed by atoms with Crippen LogP contribution in [-0.2, 0) is 0 Å². The van der Waals surface area contributed by atoms with E-state index in [9.17, 15) is 0 Å². The van der Waals surface area contributed by atoms with Gasteiger partial charge in [-0.05, 0) is 39.9 Å². The van der Waals surface area contributed by atoms with E-state index >= 15 is 0 Å². The SMILES string of the molecule is CCNC(=NCC(C)(C)SC)N1CCC(c2ncn[nH]2)CC1.I. The number of H-pyrrole nitrogens is 1. The lowest BCUT2D eigenvalue weighted by atomic mass is 9.96. The first-order valence-electron chi connectivity index (χ1n) is 7.99. The topological polar surface area (TPSA) is 69.2 Å². The van der Waals surface area contributed by atoms with Crippen LogP contribution < -0.4 is 5.32 Å². The molecule has 0 saturated carbocycles. The van der Waals surface area contributed by atoms with Crippen molar-refractivity contribution >= 4 is 41.7 Å². The Bertz CT molecular complexity index is 468. The van der Waals surface area contributed by atoms with Crippen LogP contribution >= 0.6 is 35.7 Å². The summed E-state index contributed by atoms with van der Waals surface area (Å²) >= 11 is 1.86. The van der Waals surface area contributed by atoms with Crippen molar-refractivity contribution in [1.82, 2.24) is 25.4 Å². The molecule has 0 aliphatic carbocycles. The Kier molecular flexibility index (Phi) is 8.66. The molecule has 1 aliphatic heterocycles. The van der Waals surface area contributed by atoms with Gasteiger partial charge in [-0.25, -0.2) is 4.98 Å². The number of hydrogen-bond donors (Lipinski definition) is 2. The standard InChI is InChI=1S/C15H28N6S.HI/c1-5-16-14(17-10-15(2,3)22-4)21-8-6-12(7-9-21)13-18-11-19-20-13;/h11-12H,5-10H2,1-4H3,(H,16,17)(H,18,19,20);1H. The van der Waals surface area contributed by atoms with Gasteiger partial charge in [0.15, 0.2) is 5.96 Å². The van der Waals surface area contributed by atoms with E-state index in [0.29, 0.717) is 5.92 Å². The molecule has 8 heteroatoms. The number of nitrogens with zero attached hydrogens (tertiary/aromatic N) is 4. The molecule has 23 heavy (non-hydrogen) atoms. The predicted octanol–water partition coefficient (Wildman–Crippen LogP) is 2.71. The Morgan fingerprint density at radius 2 is 2.17 bits per heavy atom. The van der Waals surface area contributed by atoms with E-state index in [0.717, 1.165) is 50.8 Å². The summed E-state index contributed by atoms with van der Waals surface area (Å²) in [5.41, 5.74) is 0. The molecule has 0 aromatic carbocycles. The van der Waals surface area contributed by atoms with Crippen molar-refractivity contribution in [1.29, 1.82) is 0 Å². The van der Waals surface area contributed by atoms with Crippen molar-refractivity contribution in [3.8, 4) is 0 Å². The summed E-state index contributed by atoms with van der Waals surface area (Å²) in [4.78, 5) is 11.5. The minimum atomic E-state index is 0. The fourth-order valence-electron chi connectivity index (χ4n) is 2.53. The second kappa shape index (κ2) is 9.71. The van der Waals surface area contributed by atoms with Crippen LogP contribution in [0.15, 0.2) is 11.3 Å². The quantitative estimate of drug-likeness (QED) is 0.409. The minimum absolute atomic E-state index is 0. The monoisotopic (exact) mass is 452 g/mol. The largest absolute Gasteiger partial charge is 0.357 e. The molecule has 0 spiro atoms. The summed E-state index contributed by atoms with van der Waals surface area (Å²) in [6, 6.07) is 0. The van der Waals surface area contributed by atoms with Gasteiger partial charge in [-0.1, -0.05) is 0 Å². The summed E-state index contributed by atoms with van der Waals surface area (Å²) in [7, 11) is 0. The van der Waals surface area contributed by atoms with E-state index in [1.807, 2.05) is 11.8 Å². The Morgan fingerprint density at radius 3 is 2.70 bits per heavy atom. The van der Waals surface area contributed by atoms with Gasteiger partial charge < -0.3 is 10.2 Å². The molecule has 0 unspecified atom stereocenters. The smallest absolute Gasteiger partial charge is 0.193 e. The number of aromatic amines is 1. The number of aliphatic imine (C=N–C) groups is 1. The number of hydrogen-bond acceptors (Lipinski definition) is 4. The zero-order valence-electron chi connectivity index (χ0n) is 14.5. The number of piperidine rings is 1. The third-order valence-corrected chi connectivity index (χ3v) is 5.35. The molecule has 2 rings (SSSR count). The van der Waals surface area contributed by atoms with Crippen LogP contribution in [0.2, 0.25) is 0 Å². The van der Waals surface area contributed by atoms with E-state index in [2.05, 4.69) is 52.4 Å². The second-order valence-corrected chi connectivity index (χ2v) is 7.78. The maximum atomic E-state index is 4.84. The van der Waals surface area contributed by atoms with Crippen LogP contribution in [0.5, 0.6) is 0 Å². The first-order valence-corrected chi connectivity index (χ1v) is 9.22. The average Bonchev–Trinajstić information content (AvgIpc) is 3.06. The molecule has 1 saturated heterocycles. The Hall–Kier alpha value is -0.510. The number of thioether (sulfide) groups is 1. The van der Waals surface area contributed by atoms with Crippen molar-refractivity contribution in [2.75, 3.05) is 32.4 Å². The molecule has 0 bridgehead atoms. The molecule has 1 fully saturated rings. The Labute approximate surface area is 160 Å². The molecule has 6 nitrogen and oxygen atoms in total. The molecular weight excluding hydrogens is 423 g/mol. The molecule has 1 aromatic rings. The third kappa shape index (κ3) is 6.13. The summed E-state index contributed by atoms with van der Waals surface area (Å²) < 4.78 is 0.179.